The second-order valence-corrected chi connectivity index (χ2v) is 8.26. The summed E-state index contributed by atoms with van der Waals surface area (Å²) in [5.74, 6) is 2.80. The molecule has 30 heavy (non-hydrogen) atoms. The van der Waals surface area contributed by atoms with E-state index in [-0.39, 0.29) is 6.10 Å². The lowest BCUT2D eigenvalue weighted by atomic mass is 9.78. The first-order valence-electron chi connectivity index (χ1n) is 10.6. The van der Waals surface area contributed by atoms with E-state index in [4.69, 9.17) is 9.47 Å². The Labute approximate surface area is 177 Å². The van der Waals surface area contributed by atoms with Crippen LogP contribution in [0.5, 0.6) is 5.75 Å². The molecule has 2 aliphatic rings. The van der Waals surface area contributed by atoms with Crippen molar-refractivity contribution < 1.29 is 19.4 Å². The summed E-state index contributed by atoms with van der Waals surface area (Å²) in [7, 11) is 1.36. The lowest BCUT2D eigenvalue weighted by molar-refractivity contribution is -0.0231. The van der Waals surface area contributed by atoms with Gasteiger partial charge in [-0.25, -0.2) is 14.8 Å². The average molecular weight is 412 g/mol. The molecule has 2 heterocycles. The number of nitrogens with zero attached hydrogens (tertiary/aromatic N) is 3. The minimum Gasteiger partial charge on any atom is -0.488 e. The van der Waals surface area contributed by atoms with Gasteiger partial charge in [-0.15, -0.1) is 0 Å². The van der Waals surface area contributed by atoms with Gasteiger partial charge in [-0.1, -0.05) is 13.0 Å². The number of anilines is 1. The number of aromatic nitrogens is 2. The van der Waals surface area contributed by atoms with E-state index in [1.165, 1.54) is 7.11 Å². The van der Waals surface area contributed by atoms with Gasteiger partial charge in [0.1, 0.15) is 23.5 Å². The molecule has 1 saturated carbocycles. The van der Waals surface area contributed by atoms with Gasteiger partial charge in [0.05, 0.1) is 18.8 Å². The number of carbonyl (C=O) groups excluding carboxylic acids is 1. The third-order valence-corrected chi connectivity index (χ3v) is 6.19. The molecule has 7 nitrogen and oxygen atoms in total. The third-order valence-electron chi connectivity index (χ3n) is 6.19. The Morgan fingerprint density at radius 3 is 2.70 bits per heavy atom. The number of fused-ring (bicyclic) bond motifs is 1. The van der Waals surface area contributed by atoms with Gasteiger partial charge in [-0.05, 0) is 56.2 Å². The fourth-order valence-electron chi connectivity index (χ4n) is 4.65. The predicted molar refractivity (Wildman–Crippen MR) is 113 cm³/mol. The van der Waals surface area contributed by atoms with Gasteiger partial charge in [0, 0.05) is 24.8 Å². The number of hydrogen-bond acceptors (Lipinski definition) is 7. The van der Waals surface area contributed by atoms with Crippen LogP contribution in [0.1, 0.15) is 41.6 Å². The molecular weight excluding hydrogens is 382 g/mol. The molecule has 0 bridgehead atoms. The number of aryl methyl sites for hydroxylation is 2. The van der Waals surface area contributed by atoms with Gasteiger partial charge in [-0.2, -0.15) is 0 Å². The standard InChI is InChI=1S/C23H29N3O4/c1-4-18-11-22(25-14(2)24-18)26-12-16-9-20(27)21(10-17(16)13-26)30-19-7-5-6-15(8-19)23(28)29-3/h5-8,11,16-17,20-21,27H,4,9-10,12-13H2,1-3H3/t16-,17+,20+,21+/m0/s1. The number of carbonyl (C=O) groups is 1. The van der Waals surface area contributed by atoms with Crippen LogP contribution in [0, 0.1) is 18.8 Å². The van der Waals surface area contributed by atoms with E-state index in [1.54, 1.807) is 18.2 Å². The Hall–Kier alpha value is -2.67. The molecule has 0 amide bonds. The van der Waals surface area contributed by atoms with Crippen molar-refractivity contribution in [3.63, 3.8) is 0 Å². The monoisotopic (exact) mass is 411 g/mol. The van der Waals surface area contributed by atoms with E-state index in [0.717, 1.165) is 43.3 Å². The summed E-state index contributed by atoms with van der Waals surface area (Å²) in [6, 6.07) is 9.01. The molecule has 4 atom stereocenters. The van der Waals surface area contributed by atoms with Crippen LogP contribution in [0.4, 0.5) is 5.82 Å². The summed E-state index contributed by atoms with van der Waals surface area (Å²) in [4.78, 5) is 23.2. The van der Waals surface area contributed by atoms with Crippen molar-refractivity contribution >= 4 is 11.8 Å². The second-order valence-electron chi connectivity index (χ2n) is 8.26. The summed E-state index contributed by atoms with van der Waals surface area (Å²) < 4.78 is 10.9. The topological polar surface area (TPSA) is 84.8 Å². The Bertz CT molecular complexity index is 919. The first-order valence-corrected chi connectivity index (χ1v) is 10.6. The Balaban J connectivity index is 1.45. The van der Waals surface area contributed by atoms with Crippen LogP contribution in [0.3, 0.4) is 0 Å². The van der Waals surface area contributed by atoms with Gasteiger partial charge in [0.25, 0.3) is 0 Å². The zero-order valence-corrected chi connectivity index (χ0v) is 17.7. The molecule has 2 aromatic rings. The molecule has 1 N–H and O–H groups in total. The van der Waals surface area contributed by atoms with E-state index in [0.29, 0.717) is 29.6 Å². The van der Waals surface area contributed by atoms with Crippen molar-refractivity contribution in [1.82, 2.24) is 9.97 Å². The van der Waals surface area contributed by atoms with Crippen LogP contribution in [0.2, 0.25) is 0 Å². The number of methoxy groups -OCH3 is 1. The van der Waals surface area contributed by atoms with Crippen LogP contribution >= 0.6 is 0 Å². The number of aliphatic hydroxyl groups excluding tert-OH is 1. The van der Waals surface area contributed by atoms with E-state index >= 15 is 0 Å². The highest BCUT2D eigenvalue weighted by Gasteiger charge is 2.43. The van der Waals surface area contributed by atoms with Crippen LogP contribution in [0.25, 0.3) is 0 Å². The summed E-state index contributed by atoms with van der Waals surface area (Å²) >= 11 is 0. The quantitative estimate of drug-likeness (QED) is 0.757. The lowest BCUT2D eigenvalue weighted by Crippen LogP contribution is -2.42. The minimum atomic E-state index is -0.536. The maximum Gasteiger partial charge on any atom is 0.337 e. The number of benzene rings is 1. The van der Waals surface area contributed by atoms with Crippen LogP contribution in [-0.4, -0.2) is 53.5 Å². The van der Waals surface area contributed by atoms with E-state index in [9.17, 15) is 9.90 Å². The Morgan fingerprint density at radius 1 is 1.20 bits per heavy atom. The number of esters is 1. The molecule has 1 aliphatic heterocycles. The van der Waals surface area contributed by atoms with Crippen molar-refractivity contribution in [1.29, 1.82) is 0 Å². The Kier molecular flexibility index (Phi) is 5.90. The van der Waals surface area contributed by atoms with Gasteiger partial charge in [-0.3, -0.25) is 0 Å². The lowest BCUT2D eigenvalue weighted by Gasteiger charge is -2.35. The molecule has 1 aromatic carbocycles. The van der Waals surface area contributed by atoms with Crippen LogP contribution < -0.4 is 9.64 Å². The number of ether oxygens (including phenoxy) is 2. The van der Waals surface area contributed by atoms with Crippen molar-refractivity contribution in [2.75, 3.05) is 25.1 Å². The zero-order valence-electron chi connectivity index (χ0n) is 17.7. The van der Waals surface area contributed by atoms with E-state index in [1.807, 2.05) is 13.0 Å². The largest absolute Gasteiger partial charge is 0.488 e. The molecule has 1 aromatic heterocycles. The summed E-state index contributed by atoms with van der Waals surface area (Å²) in [6.07, 6.45) is 1.53. The molecule has 160 valence electrons. The second kappa shape index (κ2) is 8.60. The Morgan fingerprint density at radius 2 is 1.97 bits per heavy atom. The molecule has 1 aliphatic carbocycles. The molecule has 0 radical (unpaired) electrons. The van der Waals surface area contributed by atoms with Crippen molar-refractivity contribution in [2.45, 2.75) is 45.3 Å². The maximum absolute atomic E-state index is 11.8. The highest BCUT2D eigenvalue weighted by molar-refractivity contribution is 5.89. The minimum absolute atomic E-state index is 0.294. The molecule has 0 unspecified atom stereocenters. The summed E-state index contributed by atoms with van der Waals surface area (Å²) in [6.45, 7) is 5.83. The van der Waals surface area contributed by atoms with Crippen LogP contribution in [-0.2, 0) is 11.2 Å². The number of aliphatic hydroxyl groups is 1. The number of hydrogen-bond donors (Lipinski definition) is 1. The van der Waals surface area contributed by atoms with Crippen molar-refractivity contribution in [2.24, 2.45) is 11.8 Å². The van der Waals surface area contributed by atoms with Gasteiger partial charge in [0.2, 0.25) is 0 Å². The highest BCUT2D eigenvalue weighted by atomic mass is 16.5. The highest BCUT2D eigenvalue weighted by Crippen LogP contribution is 2.39. The number of rotatable bonds is 5. The van der Waals surface area contributed by atoms with Gasteiger partial charge < -0.3 is 19.5 Å². The van der Waals surface area contributed by atoms with Gasteiger partial charge in [0.15, 0.2) is 0 Å². The summed E-state index contributed by atoms with van der Waals surface area (Å²) in [5, 5.41) is 10.7. The predicted octanol–water partition coefficient (Wildman–Crippen LogP) is 2.79. The first kappa shape index (κ1) is 20.6. The van der Waals surface area contributed by atoms with E-state index < -0.39 is 12.1 Å². The molecule has 1 saturated heterocycles. The molecule has 0 spiro atoms. The normalized spacial score (nSPS) is 25.7. The van der Waals surface area contributed by atoms with Crippen LogP contribution in [0.15, 0.2) is 30.3 Å². The third kappa shape index (κ3) is 4.26. The van der Waals surface area contributed by atoms with Crippen molar-refractivity contribution in [3.8, 4) is 5.75 Å². The van der Waals surface area contributed by atoms with E-state index in [2.05, 4.69) is 27.9 Å². The maximum atomic E-state index is 11.8. The first-order chi connectivity index (χ1) is 14.5. The van der Waals surface area contributed by atoms with Gasteiger partial charge >= 0.3 is 5.97 Å². The molecule has 2 fully saturated rings. The molecule has 7 heteroatoms. The smallest absolute Gasteiger partial charge is 0.337 e. The zero-order chi connectivity index (χ0) is 21.3. The van der Waals surface area contributed by atoms with Crippen molar-refractivity contribution in [3.05, 3.63) is 47.4 Å². The average Bonchev–Trinajstić information content (AvgIpc) is 3.16. The molecular formula is C23H29N3O4. The fourth-order valence-corrected chi connectivity index (χ4v) is 4.65. The summed E-state index contributed by atoms with van der Waals surface area (Å²) in [5.41, 5.74) is 1.50. The SMILES string of the molecule is CCc1cc(N2C[C@H]3C[C@@H](Oc4cccc(C(=O)OC)c4)[C@H](O)C[C@H]3C2)nc(C)n1. The molecule has 4 rings (SSSR count). The fraction of sp³-hybridized carbons (Fsp3) is 0.522.